The second-order valence-corrected chi connectivity index (χ2v) is 12.9. The summed E-state index contributed by atoms with van der Waals surface area (Å²) < 4.78 is 7.07. The van der Waals surface area contributed by atoms with E-state index in [0.29, 0.717) is 6.42 Å². The monoisotopic (exact) mass is 382 g/mol. The lowest BCUT2D eigenvalue weighted by Gasteiger charge is -2.46. The van der Waals surface area contributed by atoms with Crippen molar-refractivity contribution in [3.63, 3.8) is 0 Å². The average molecular weight is 383 g/mol. The summed E-state index contributed by atoms with van der Waals surface area (Å²) in [4.78, 5) is 11.6. The van der Waals surface area contributed by atoms with E-state index in [4.69, 9.17) is 4.43 Å². The summed E-state index contributed by atoms with van der Waals surface area (Å²) in [5.41, 5.74) is 0. The van der Waals surface area contributed by atoms with Gasteiger partial charge in [-0.15, -0.1) is 0 Å². The SMILES string of the molecule is CC(C)(C)[Si](OC1CCCC(C(=O)O)C1)(c1ccccc1)c1ccccc1. The molecule has 2 aromatic rings. The molecule has 4 heteroatoms. The maximum Gasteiger partial charge on any atom is 0.306 e. The Bertz CT molecular complexity index is 713. The molecular formula is C23H30O3Si. The lowest BCUT2D eigenvalue weighted by molar-refractivity contribution is -0.143. The van der Waals surface area contributed by atoms with Crippen molar-refractivity contribution in [1.29, 1.82) is 0 Å². The van der Waals surface area contributed by atoms with Crippen molar-refractivity contribution in [3.8, 4) is 0 Å². The van der Waals surface area contributed by atoms with Gasteiger partial charge in [-0.1, -0.05) is 87.9 Å². The molecule has 1 aliphatic rings. The summed E-state index contributed by atoms with van der Waals surface area (Å²) in [5.74, 6) is -0.979. The Morgan fingerprint density at radius 1 is 0.963 bits per heavy atom. The van der Waals surface area contributed by atoms with Gasteiger partial charge < -0.3 is 9.53 Å². The summed E-state index contributed by atoms with van der Waals surface area (Å²) in [6.45, 7) is 6.78. The third kappa shape index (κ3) is 4.02. The Kier molecular flexibility index (Phi) is 5.87. The first kappa shape index (κ1) is 19.8. The molecular weight excluding hydrogens is 352 g/mol. The highest BCUT2D eigenvalue weighted by molar-refractivity contribution is 6.99. The van der Waals surface area contributed by atoms with Gasteiger partial charge in [0.25, 0.3) is 8.32 Å². The van der Waals surface area contributed by atoms with Crippen LogP contribution in [0, 0.1) is 5.92 Å². The molecule has 1 saturated carbocycles. The number of carboxylic acids is 1. The molecule has 0 heterocycles. The van der Waals surface area contributed by atoms with Gasteiger partial charge >= 0.3 is 5.97 Å². The quantitative estimate of drug-likeness (QED) is 0.788. The van der Waals surface area contributed by atoms with Gasteiger partial charge in [-0.3, -0.25) is 4.79 Å². The van der Waals surface area contributed by atoms with Gasteiger partial charge in [-0.2, -0.15) is 0 Å². The molecule has 3 rings (SSSR count). The lowest BCUT2D eigenvalue weighted by atomic mass is 9.87. The molecule has 1 fully saturated rings. The highest BCUT2D eigenvalue weighted by Gasteiger charge is 2.51. The van der Waals surface area contributed by atoms with Gasteiger partial charge in [0.15, 0.2) is 0 Å². The van der Waals surface area contributed by atoms with E-state index in [2.05, 4.69) is 69.3 Å². The van der Waals surface area contributed by atoms with Crippen LogP contribution >= 0.6 is 0 Å². The summed E-state index contributed by atoms with van der Waals surface area (Å²) >= 11 is 0. The molecule has 1 N–H and O–H groups in total. The molecule has 0 saturated heterocycles. The van der Waals surface area contributed by atoms with E-state index in [9.17, 15) is 9.90 Å². The second-order valence-electron chi connectivity index (χ2n) is 8.60. The summed E-state index contributed by atoms with van der Waals surface area (Å²) in [7, 11) is -2.59. The van der Waals surface area contributed by atoms with E-state index < -0.39 is 14.3 Å². The van der Waals surface area contributed by atoms with Crippen LogP contribution in [0.2, 0.25) is 5.04 Å². The van der Waals surface area contributed by atoms with Crippen molar-refractivity contribution in [2.75, 3.05) is 0 Å². The van der Waals surface area contributed by atoms with Crippen LogP contribution in [0.3, 0.4) is 0 Å². The van der Waals surface area contributed by atoms with Crippen molar-refractivity contribution < 1.29 is 14.3 Å². The zero-order valence-corrected chi connectivity index (χ0v) is 17.5. The highest BCUT2D eigenvalue weighted by atomic mass is 28.4. The molecule has 0 spiro atoms. The van der Waals surface area contributed by atoms with Gasteiger partial charge in [0.2, 0.25) is 0 Å². The Morgan fingerprint density at radius 2 is 1.48 bits per heavy atom. The summed E-state index contributed by atoms with van der Waals surface area (Å²) in [6.07, 6.45) is 3.22. The van der Waals surface area contributed by atoms with Gasteiger partial charge in [-0.25, -0.2) is 0 Å². The van der Waals surface area contributed by atoms with Crippen molar-refractivity contribution >= 4 is 24.7 Å². The third-order valence-electron chi connectivity index (χ3n) is 5.74. The van der Waals surface area contributed by atoms with Crippen LogP contribution in [0.25, 0.3) is 0 Å². The molecule has 0 aliphatic heterocycles. The fourth-order valence-electron chi connectivity index (χ4n) is 4.42. The molecule has 2 atom stereocenters. The fraction of sp³-hybridized carbons (Fsp3) is 0.435. The zero-order valence-electron chi connectivity index (χ0n) is 16.5. The van der Waals surface area contributed by atoms with Crippen LogP contribution in [-0.4, -0.2) is 25.5 Å². The molecule has 1 aliphatic carbocycles. The number of hydrogen-bond donors (Lipinski definition) is 1. The highest BCUT2D eigenvalue weighted by Crippen LogP contribution is 2.39. The van der Waals surface area contributed by atoms with E-state index in [1.165, 1.54) is 10.4 Å². The fourth-order valence-corrected chi connectivity index (χ4v) is 9.15. The number of carboxylic acid groups (broad SMARTS) is 1. The standard InChI is InChI=1S/C23H30O3Si/c1-23(2,3)27(20-13-6-4-7-14-20,21-15-8-5-9-16-21)26-19-12-10-11-18(17-19)22(24)25/h4-9,13-16,18-19H,10-12,17H2,1-3H3,(H,24,25). The Labute approximate surface area is 163 Å². The van der Waals surface area contributed by atoms with Crippen LogP contribution in [0.15, 0.2) is 60.7 Å². The average Bonchev–Trinajstić information content (AvgIpc) is 2.66. The molecule has 0 bridgehead atoms. The summed E-state index contributed by atoms with van der Waals surface area (Å²) in [5, 5.41) is 11.9. The van der Waals surface area contributed by atoms with Gasteiger partial charge in [0.05, 0.1) is 5.92 Å². The maximum absolute atomic E-state index is 11.6. The predicted molar refractivity (Wildman–Crippen MR) is 112 cm³/mol. The maximum atomic E-state index is 11.6. The predicted octanol–water partition coefficient (Wildman–Crippen LogP) is 4.21. The van der Waals surface area contributed by atoms with Crippen LogP contribution in [-0.2, 0) is 9.22 Å². The number of aliphatic carboxylic acids is 1. The van der Waals surface area contributed by atoms with Crippen molar-refractivity contribution in [2.45, 2.75) is 57.6 Å². The zero-order chi connectivity index (χ0) is 19.5. The first-order valence-electron chi connectivity index (χ1n) is 9.86. The van der Waals surface area contributed by atoms with Crippen LogP contribution in [0.4, 0.5) is 0 Å². The number of rotatable bonds is 5. The molecule has 0 amide bonds. The minimum atomic E-state index is -2.59. The van der Waals surface area contributed by atoms with Crippen LogP contribution in [0.5, 0.6) is 0 Å². The minimum Gasteiger partial charge on any atom is -0.481 e. The molecule has 2 aromatic carbocycles. The first-order chi connectivity index (χ1) is 12.8. The molecule has 144 valence electrons. The van der Waals surface area contributed by atoms with Gasteiger partial charge in [-0.05, 0) is 34.7 Å². The van der Waals surface area contributed by atoms with E-state index in [1.807, 2.05) is 12.1 Å². The van der Waals surface area contributed by atoms with Crippen LogP contribution < -0.4 is 10.4 Å². The topological polar surface area (TPSA) is 46.5 Å². The van der Waals surface area contributed by atoms with E-state index in [1.54, 1.807) is 0 Å². The number of hydrogen-bond acceptors (Lipinski definition) is 2. The largest absolute Gasteiger partial charge is 0.481 e. The smallest absolute Gasteiger partial charge is 0.306 e. The number of benzene rings is 2. The van der Waals surface area contributed by atoms with E-state index >= 15 is 0 Å². The molecule has 3 nitrogen and oxygen atoms in total. The van der Waals surface area contributed by atoms with Crippen molar-refractivity contribution in [1.82, 2.24) is 0 Å². The molecule has 0 radical (unpaired) electrons. The van der Waals surface area contributed by atoms with Crippen molar-refractivity contribution in [2.24, 2.45) is 5.92 Å². The Hall–Kier alpha value is -1.91. The van der Waals surface area contributed by atoms with Gasteiger partial charge in [0.1, 0.15) is 0 Å². The van der Waals surface area contributed by atoms with E-state index in [0.717, 1.165) is 19.3 Å². The minimum absolute atomic E-state index is 0.00819. The van der Waals surface area contributed by atoms with Crippen molar-refractivity contribution in [3.05, 3.63) is 60.7 Å². The first-order valence-corrected chi connectivity index (χ1v) is 11.8. The Balaban J connectivity index is 2.08. The van der Waals surface area contributed by atoms with Gasteiger partial charge in [0, 0.05) is 6.10 Å². The molecule has 27 heavy (non-hydrogen) atoms. The molecule has 0 aromatic heterocycles. The summed E-state index contributed by atoms with van der Waals surface area (Å²) in [6, 6.07) is 21.1. The van der Waals surface area contributed by atoms with E-state index in [-0.39, 0.29) is 17.1 Å². The number of carbonyl (C=O) groups is 1. The molecule has 2 unspecified atom stereocenters. The van der Waals surface area contributed by atoms with Crippen LogP contribution in [0.1, 0.15) is 46.5 Å². The lowest BCUT2D eigenvalue weighted by Crippen LogP contribution is -2.68. The second kappa shape index (κ2) is 7.99. The Morgan fingerprint density at radius 3 is 1.93 bits per heavy atom. The normalized spacial score (nSPS) is 21.0. The third-order valence-corrected chi connectivity index (χ3v) is 10.8.